The average Bonchev–Trinajstić information content (AvgIpc) is 2.70. The van der Waals surface area contributed by atoms with Crippen LogP contribution in [0.3, 0.4) is 0 Å². The highest BCUT2D eigenvalue weighted by molar-refractivity contribution is 6.27. The molecule has 1 aromatic carbocycles. The number of aliphatic carboxylic acids is 2. The second-order valence-corrected chi connectivity index (χ2v) is 6.77. The molecule has 0 saturated carbocycles. The molecule has 0 unspecified atom stereocenters. The summed E-state index contributed by atoms with van der Waals surface area (Å²) < 4.78 is 5.15. The molecule has 9 nitrogen and oxygen atoms in total. The van der Waals surface area contributed by atoms with Gasteiger partial charge in [-0.05, 0) is 38.4 Å². The van der Waals surface area contributed by atoms with E-state index in [1.165, 1.54) is 0 Å². The second-order valence-electron chi connectivity index (χ2n) is 6.77. The third-order valence-electron chi connectivity index (χ3n) is 4.67. The van der Waals surface area contributed by atoms with Gasteiger partial charge in [-0.25, -0.2) is 9.59 Å². The lowest BCUT2D eigenvalue weighted by Gasteiger charge is -2.31. The van der Waals surface area contributed by atoms with Crippen LogP contribution >= 0.6 is 0 Å². The van der Waals surface area contributed by atoms with Crippen LogP contribution in [0.15, 0.2) is 18.2 Å². The minimum Gasteiger partial charge on any atom is -0.504 e. The third-order valence-corrected chi connectivity index (χ3v) is 4.67. The molecule has 1 heterocycles. The predicted molar refractivity (Wildman–Crippen MR) is 106 cm³/mol. The number of amides is 1. The predicted octanol–water partition coefficient (Wildman–Crippen LogP) is 1.68. The molecule has 1 aliphatic rings. The number of nitrogens with one attached hydrogen (secondary N) is 1. The number of likely N-dealkylation sites (tertiary alicyclic amines) is 1. The molecule has 0 bridgehead atoms. The Morgan fingerprint density at radius 1 is 1.17 bits per heavy atom. The molecule has 1 aromatic rings. The van der Waals surface area contributed by atoms with Gasteiger partial charge in [0.05, 0.1) is 7.11 Å². The van der Waals surface area contributed by atoms with Crippen molar-refractivity contribution in [2.45, 2.75) is 39.2 Å². The zero-order chi connectivity index (χ0) is 21.8. The Kier molecular flexibility index (Phi) is 10.5. The molecule has 0 aliphatic carbocycles. The summed E-state index contributed by atoms with van der Waals surface area (Å²) in [6, 6.07) is 5.56. The van der Waals surface area contributed by atoms with Gasteiger partial charge in [0.25, 0.3) is 0 Å². The minimum atomic E-state index is -1.82. The van der Waals surface area contributed by atoms with Gasteiger partial charge >= 0.3 is 11.9 Å². The molecule has 0 atom stereocenters. The first-order valence-corrected chi connectivity index (χ1v) is 9.61. The molecule has 0 spiro atoms. The molecule has 1 amide bonds. The maximum Gasteiger partial charge on any atom is 0.414 e. The molecule has 9 heteroatoms. The SMILES string of the molecule is CCCCNC(=O)C1CCN(Cc2cccc(OC)c2O)CC1.O=C(O)C(=O)O. The highest BCUT2D eigenvalue weighted by Gasteiger charge is 2.25. The first-order chi connectivity index (χ1) is 13.8. The first-order valence-electron chi connectivity index (χ1n) is 9.61. The Hall–Kier alpha value is -2.81. The van der Waals surface area contributed by atoms with Gasteiger partial charge in [-0.3, -0.25) is 9.69 Å². The molecular weight excluding hydrogens is 380 g/mol. The number of phenolic OH excluding ortho intramolecular Hbond substituents is 1. The number of hydrogen-bond donors (Lipinski definition) is 4. The Labute approximate surface area is 170 Å². The number of methoxy groups -OCH3 is 1. The van der Waals surface area contributed by atoms with Crippen LogP contribution in [0.4, 0.5) is 0 Å². The zero-order valence-electron chi connectivity index (χ0n) is 16.9. The van der Waals surface area contributed by atoms with Crippen LogP contribution in [-0.2, 0) is 20.9 Å². The van der Waals surface area contributed by atoms with E-state index in [1.807, 2.05) is 12.1 Å². The van der Waals surface area contributed by atoms with Crippen LogP contribution in [0.1, 0.15) is 38.2 Å². The number of hydrogen-bond acceptors (Lipinski definition) is 6. The monoisotopic (exact) mass is 410 g/mol. The quantitative estimate of drug-likeness (QED) is 0.394. The molecule has 162 valence electrons. The number of carbonyl (C=O) groups excluding carboxylic acids is 1. The standard InChI is InChI=1S/C18H28N2O3.C2H2O4/c1-3-4-10-19-18(22)14-8-11-20(12-9-14)13-15-6-5-7-16(23-2)17(15)21;3-1(4)2(5)6/h5-7,14,21H,3-4,8-13H2,1-2H3,(H,19,22);(H,3,4)(H,5,6). The summed E-state index contributed by atoms with van der Waals surface area (Å²) in [6.07, 6.45) is 3.90. The van der Waals surface area contributed by atoms with Crippen LogP contribution in [0.5, 0.6) is 11.5 Å². The molecule has 1 aliphatic heterocycles. The van der Waals surface area contributed by atoms with Crippen LogP contribution in [-0.4, -0.2) is 64.8 Å². The highest BCUT2D eigenvalue weighted by atomic mass is 16.5. The number of carboxylic acid groups (broad SMARTS) is 2. The summed E-state index contributed by atoms with van der Waals surface area (Å²) in [4.78, 5) is 32.6. The van der Waals surface area contributed by atoms with Gasteiger partial charge in [-0.1, -0.05) is 25.5 Å². The number of carboxylic acids is 2. The van der Waals surface area contributed by atoms with Crippen molar-refractivity contribution in [3.63, 3.8) is 0 Å². The van der Waals surface area contributed by atoms with Crippen LogP contribution in [0, 0.1) is 5.92 Å². The maximum atomic E-state index is 12.1. The van der Waals surface area contributed by atoms with Gasteiger partial charge in [-0.15, -0.1) is 0 Å². The largest absolute Gasteiger partial charge is 0.504 e. The molecule has 2 rings (SSSR count). The van der Waals surface area contributed by atoms with Gasteiger partial charge in [0.2, 0.25) is 5.91 Å². The maximum absolute atomic E-state index is 12.1. The van der Waals surface area contributed by atoms with E-state index < -0.39 is 11.9 Å². The van der Waals surface area contributed by atoms with Crippen molar-refractivity contribution in [3.8, 4) is 11.5 Å². The number of piperidine rings is 1. The summed E-state index contributed by atoms with van der Waals surface area (Å²) in [5.74, 6) is -2.60. The fraction of sp³-hybridized carbons (Fsp3) is 0.550. The molecule has 1 fully saturated rings. The van der Waals surface area contributed by atoms with Gasteiger partial charge in [0.1, 0.15) is 0 Å². The Balaban J connectivity index is 0.000000612. The van der Waals surface area contributed by atoms with Crippen molar-refractivity contribution in [2.24, 2.45) is 5.92 Å². The van der Waals surface area contributed by atoms with Crippen molar-refractivity contribution in [1.82, 2.24) is 10.2 Å². The van der Waals surface area contributed by atoms with E-state index in [0.29, 0.717) is 12.3 Å². The number of phenols is 1. The van der Waals surface area contributed by atoms with Crippen molar-refractivity contribution < 1.29 is 34.4 Å². The first kappa shape index (κ1) is 24.2. The number of carbonyl (C=O) groups is 3. The average molecular weight is 410 g/mol. The number of para-hydroxylation sites is 1. The highest BCUT2D eigenvalue weighted by Crippen LogP contribution is 2.31. The number of nitrogens with zero attached hydrogens (tertiary/aromatic N) is 1. The van der Waals surface area contributed by atoms with E-state index in [4.69, 9.17) is 24.5 Å². The summed E-state index contributed by atoms with van der Waals surface area (Å²) in [5.41, 5.74) is 0.871. The number of rotatable bonds is 7. The van der Waals surface area contributed by atoms with E-state index in [2.05, 4.69) is 17.1 Å². The van der Waals surface area contributed by atoms with E-state index in [1.54, 1.807) is 13.2 Å². The van der Waals surface area contributed by atoms with Crippen molar-refractivity contribution in [2.75, 3.05) is 26.7 Å². The lowest BCUT2D eigenvalue weighted by atomic mass is 9.95. The summed E-state index contributed by atoms with van der Waals surface area (Å²) in [7, 11) is 1.56. The molecule has 0 radical (unpaired) electrons. The Morgan fingerprint density at radius 2 is 1.79 bits per heavy atom. The number of benzene rings is 1. The van der Waals surface area contributed by atoms with Crippen molar-refractivity contribution >= 4 is 17.8 Å². The van der Waals surface area contributed by atoms with Crippen molar-refractivity contribution in [1.29, 1.82) is 0 Å². The fourth-order valence-electron chi connectivity index (χ4n) is 2.99. The van der Waals surface area contributed by atoms with Crippen LogP contribution in [0.2, 0.25) is 0 Å². The number of unbranched alkanes of at least 4 members (excludes halogenated alkanes) is 1. The van der Waals surface area contributed by atoms with E-state index in [-0.39, 0.29) is 17.6 Å². The van der Waals surface area contributed by atoms with Gasteiger partial charge in [-0.2, -0.15) is 0 Å². The van der Waals surface area contributed by atoms with E-state index >= 15 is 0 Å². The molecule has 1 saturated heterocycles. The Bertz CT molecular complexity index is 673. The Morgan fingerprint density at radius 3 is 2.31 bits per heavy atom. The zero-order valence-corrected chi connectivity index (χ0v) is 16.9. The fourth-order valence-corrected chi connectivity index (χ4v) is 2.99. The molecule has 0 aromatic heterocycles. The van der Waals surface area contributed by atoms with Gasteiger partial charge in [0, 0.05) is 24.6 Å². The minimum absolute atomic E-state index is 0.127. The number of ether oxygens (including phenoxy) is 1. The third kappa shape index (κ3) is 8.39. The molecular formula is C20H30N2O7. The van der Waals surface area contributed by atoms with Crippen LogP contribution in [0.25, 0.3) is 0 Å². The topological polar surface area (TPSA) is 136 Å². The second kappa shape index (κ2) is 12.6. The number of aromatic hydroxyl groups is 1. The summed E-state index contributed by atoms with van der Waals surface area (Å²) in [5, 5.41) is 28.0. The lowest BCUT2D eigenvalue weighted by molar-refractivity contribution is -0.159. The normalized spacial score (nSPS) is 14.4. The lowest BCUT2D eigenvalue weighted by Crippen LogP contribution is -2.40. The summed E-state index contributed by atoms with van der Waals surface area (Å²) >= 11 is 0. The molecule has 29 heavy (non-hydrogen) atoms. The van der Waals surface area contributed by atoms with Crippen molar-refractivity contribution in [3.05, 3.63) is 23.8 Å². The smallest absolute Gasteiger partial charge is 0.414 e. The van der Waals surface area contributed by atoms with E-state index in [0.717, 1.165) is 50.9 Å². The van der Waals surface area contributed by atoms with Gasteiger partial charge < -0.3 is 25.4 Å². The van der Waals surface area contributed by atoms with Gasteiger partial charge in [0.15, 0.2) is 11.5 Å². The van der Waals surface area contributed by atoms with E-state index in [9.17, 15) is 9.90 Å². The summed E-state index contributed by atoms with van der Waals surface area (Å²) in [6.45, 7) is 5.35. The van der Waals surface area contributed by atoms with Crippen LogP contribution < -0.4 is 10.1 Å². The molecule has 4 N–H and O–H groups in total.